The number of hydrogen-bond acceptors (Lipinski definition) is 5. The van der Waals surface area contributed by atoms with E-state index in [1.807, 2.05) is 11.8 Å². The van der Waals surface area contributed by atoms with E-state index in [0.29, 0.717) is 45.6 Å². The molecule has 114 valence electrons. The Balaban J connectivity index is 1.72. The van der Waals surface area contributed by atoms with Gasteiger partial charge in [-0.05, 0) is 19.8 Å². The fraction of sp³-hybridized carbons (Fsp3) is 0.857. The van der Waals surface area contributed by atoms with Crippen LogP contribution in [-0.2, 0) is 19.1 Å². The van der Waals surface area contributed by atoms with E-state index in [9.17, 15) is 9.59 Å². The van der Waals surface area contributed by atoms with E-state index in [0.717, 1.165) is 13.2 Å². The SMILES string of the molecule is CCOC(=O)C1CCN(C(=O)CC2COCCN2)CC1. The van der Waals surface area contributed by atoms with Crippen LogP contribution in [0.3, 0.4) is 0 Å². The van der Waals surface area contributed by atoms with Gasteiger partial charge in [-0.15, -0.1) is 0 Å². The predicted molar refractivity (Wildman–Crippen MR) is 73.2 cm³/mol. The van der Waals surface area contributed by atoms with Crippen molar-refractivity contribution in [3.8, 4) is 0 Å². The van der Waals surface area contributed by atoms with Gasteiger partial charge in [0.15, 0.2) is 0 Å². The molecule has 6 nitrogen and oxygen atoms in total. The number of carbonyl (C=O) groups excluding carboxylic acids is 2. The first kappa shape index (κ1) is 15.3. The molecule has 0 radical (unpaired) electrons. The zero-order valence-electron chi connectivity index (χ0n) is 12.1. The molecule has 0 bridgehead atoms. The molecule has 2 aliphatic rings. The largest absolute Gasteiger partial charge is 0.466 e. The number of ether oxygens (including phenoxy) is 2. The summed E-state index contributed by atoms with van der Waals surface area (Å²) in [4.78, 5) is 25.7. The quantitative estimate of drug-likeness (QED) is 0.745. The zero-order valence-corrected chi connectivity index (χ0v) is 12.1. The highest BCUT2D eigenvalue weighted by Crippen LogP contribution is 2.19. The third-order valence-electron chi connectivity index (χ3n) is 3.89. The smallest absolute Gasteiger partial charge is 0.309 e. The van der Waals surface area contributed by atoms with Gasteiger partial charge in [0.05, 0.1) is 25.7 Å². The Morgan fingerprint density at radius 2 is 2.10 bits per heavy atom. The first-order valence-corrected chi connectivity index (χ1v) is 7.46. The van der Waals surface area contributed by atoms with Crippen LogP contribution in [0.25, 0.3) is 0 Å². The molecular formula is C14H24N2O4. The van der Waals surface area contributed by atoms with Crippen LogP contribution in [-0.4, -0.2) is 62.3 Å². The van der Waals surface area contributed by atoms with Crippen LogP contribution in [0.1, 0.15) is 26.2 Å². The second kappa shape index (κ2) is 7.59. The normalized spacial score (nSPS) is 24.4. The van der Waals surface area contributed by atoms with E-state index in [1.54, 1.807) is 0 Å². The number of amides is 1. The van der Waals surface area contributed by atoms with Crippen molar-refractivity contribution in [1.82, 2.24) is 10.2 Å². The molecule has 20 heavy (non-hydrogen) atoms. The van der Waals surface area contributed by atoms with Crippen molar-refractivity contribution in [2.75, 3.05) is 39.5 Å². The summed E-state index contributed by atoms with van der Waals surface area (Å²) in [7, 11) is 0. The van der Waals surface area contributed by atoms with E-state index < -0.39 is 0 Å². The van der Waals surface area contributed by atoms with Crippen molar-refractivity contribution in [2.24, 2.45) is 5.92 Å². The summed E-state index contributed by atoms with van der Waals surface area (Å²) in [6.45, 7) is 5.66. The molecule has 1 N–H and O–H groups in total. The monoisotopic (exact) mass is 284 g/mol. The highest BCUT2D eigenvalue weighted by Gasteiger charge is 2.29. The average molecular weight is 284 g/mol. The summed E-state index contributed by atoms with van der Waals surface area (Å²) in [5.41, 5.74) is 0. The van der Waals surface area contributed by atoms with E-state index >= 15 is 0 Å². The summed E-state index contributed by atoms with van der Waals surface area (Å²) >= 11 is 0. The van der Waals surface area contributed by atoms with Gasteiger partial charge >= 0.3 is 5.97 Å². The highest BCUT2D eigenvalue weighted by atomic mass is 16.5. The molecule has 2 rings (SSSR count). The number of rotatable bonds is 4. The van der Waals surface area contributed by atoms with Gasteiger partial charge in [0.1, 0.15) is 0 Å². The van der Waals surface area contributed by atoms with Gasteiger partial charge in [-0.1, -0.05) is 0 Å². The maximum Gasteiger partial charge on any atom is 0.309 e. The number of morpholine rings is 1. The molecule has 2 heterocycles. The molecule has 2 fully saturated rings. The fourth-order valence-electron chi connectivity index (χ4n) is 2.72. The third-order valence-corrected chi connectivity index (χ3v) is 3.89. The minimum Gasteiger partial charge on any atom is -0.466 e. The summed E-state index contributed by atoms with van der Waals surface area (Å²) in [5, 5.41) is 3.29. The molecule has 1 amide bonds. The number of likely N-dealkylation sites (tertiary alicyclic amines) is 1. The maximum atomic E-state index is 12.2. The standard InChI is InChI=1S/C14H24N2O4/c1-2-20-14(18)11-3-6-16(7-4-11)13(17)9-12-10-19-8-5-15-12/h11-12,15H,2-10H2,1H3. The van der Waals surface area contributed by atoms with E-state index in [4.69, 9.17) is 9.47 Å². The Morgan fingerprint density at radius 3 is 2.70 bits per heavy atom. The molecule has 0 spiro atoms. The predicted octanol–water partition coefficient (Wildman–Crippen LogP) is 0.167. The van der Waals surface area contributed by atoms with Crippen molar-refractivity contribution < 1.29 is 19.1 Å². The lowest BCUT2D eigenvalue weighted by molar-refractivity contribution is -0.151. The second-order valence-corrected chi connectivity index (χ2v) is 5.34. The van der Waals surface area contributed by atoms with Crippen molar-refractivity contribution in [2.45, 2.75) is 32.2 Å². The fourth-order valence-corrected chi connectivity index (χ4v) is 2.72. The Hall–Kier alpha value is -1.14. The van der Waals surface area contributed by atoms with Crippen LogP contribution in [0.15, 0.2) is 0 Å². The summed E-state index contributed by atoms with van der Waals surface area (Å²) in [6.07, 6.45) is 1.89. The minimum atomic E-state index is -0.123. The Morgan fingerprint density at radius 1 is 1.35 bits per heavy atom. The lowest BCUT2D eigenvalue weighted by Crippen LogP contribution is -2.47. The van der Waals surface area contributed by atoms with Crippen LogP contribution in [0.2, 0.25) is 0 Å². The zero-order chi connectivity index (χ0) is 14.4. The number of nitrogens with zero attached hydrogens (tertiary/aromatic N) is 1. The van der Waals surface area contributed by atoms with Gasteiger partial charge in [-0.3, -0.25) is 9.59 Å². The van der Waals surface area contributed by atoms with Gasteiger partial charge in [-0.25, -0.2) is 0 Å². The van der Waals surface area contributed by atoms with Crippen molar-refractivity contribution >= 4 is 11.9 Å². The lowest BCUT2D eigenvalue weighted by atomic mass is 9.96. The summed E-state index contributed by atoms with van der Waals surface area (Å²) < 4.78 is 10.4. The first-order valence-electron chi connectivity index (χ1n) is 7.46. The van der Waals surface area contributed by atoms with E-state index in [2.05, 4.69) is 5.32 Å². The van der Waals surface area contributed by atoms with Crippen molar-refractivity contribution in [1.29, 1.82) is 0 Å². The molecular weight excluding hydrogens is 260 g/mol. The van der Waals surface area contributed by atoms with E-state index in [-0.39, 0.29) is 23.8 Å². The molecule has 2 saturated heterocycles. The number of piperidine rings is 1. The molecule has 0 aromatic heterocycles. The van der Waals surface area contributed by atoms with Crippen LogP contribution in [0.5, 0.6) is 0 Å². The summed E-state index contributed by atoms with van der Waals surface area (Å²) in [6, 6.07) is 0.124. The highest BCUT2D eigenvalue weighted by molar-refractivity contribution is 5.78. The van der Waals surface area contributed by atoms with Gasteiger partial charge in [0.2, 0.25) is 5.91 Å². The Labute approximate surface area is 119 Å². The molecule has 6 heteroatoms. The topological polar surface area (TPSA) is 67.9 Å². The molecule has 2 aliphatic heterocycles. The summed E-state index contributed by atoms with van der Waals surface area (Å²) in [5.74, 6) is -0.0209. The van der Waals surface area contributed by atoms with Crippen LogP contribution >= 0.6 is 0 Å². The molecule has 1 atom stereocenters. The Kier molecular flexibility index (Phi) is 5.79. The Bertz CT molecular complexity index is 334. The average Bonchev–Trinajstić information content (AvgIpc) is 2.48. The molecule has 0 saturated carbocycles. The van der Waals surface area contributed by atoms with Gasteiger partial charge in [0.25, 0.3) is 0 Å². The molecule has 0 aliphatic carbocycles. The van der Waals surface area contributed by atoms with E-state index in [1.165, 1.54) is 0 Å². The minimum absolute atomic E-state index is 0.0462. The number of hydrogen-bond donors (Lipinski definition) is 1. The third kappa shape index (κ3) is 4.18. The maximum absolute atomic E-state index is 12.2. The van der Waals surface area contributed by atoms with Gasteiger partial charge in [0, 0.05) is 32.1 Å². The first-order chi connectivity index (χ1) is 9.70. The number of nitrogens with one attached hydrogen (secondary N) is 1. The van der Waals surface area contributed by atoms with Crippen LogP contribution in [0, 0.1) is 5.92 Å². The van der Waals surface area contributed by atoms with Gasteiger partial charge in [-0.2, -0.15) is 0 Å². The number of esters is 1. The van der Waals surface area contributed by atoms with Gasteiger partial charge < -0.3 is 19.7 Å². The van der Waals surface area contributed by atoms with Crippen LogP contribution in [0.4, 0.5) is 0 Å². The lowest BCUT2D eigenvalue weighted by Gasteiger charge is -2.32. The van der Waals surface area contributed by atoms with Crippen molar-refractivity contribution in [3.05, 3.63) is 0 Å². The molecule has 0 aromatic rings. The number of carbonyl (C=O) groups is 2. The van der Waals surface area contributed by atoms with Crippen LogP contribution < -0.4 is 5.32 Å². The second-order valence-electron chi connectivity index (χ2n) is 5.34. The van der Waals surface area contributed by atoms with Crippen molar-refractivity contribution in [3.63, 3.8) is 0 Å². The molecule has 0 aromatic carbocycles. The molecule has 1 unspecified atom stereocenters.